The lowest BCUT2D eigenvalue weighted by atomic mass is 9.99. The average molecular weight is 298 g/mol. The molecule has 0 unspecified atom stereocenters. The van der Waals surface area contributed by atoms with Gasteiger partial charge >= 0.3 is 11.9 Å². The Morgan fingerprint density at radius 2 is 2.05 bits per heavy atom. The quantitative estimate of drug-likeness (QED) is 0.870. The minimum Gasteiger partial charge on any atom is -0.462 e. The van der Waals surface area contributed by atoms with E-state index in [0.717, 1.165) is 12.1 Å². The first-order valence-corrected chi connectivity index (χ1v) is 5.37. The van der Waals surface area contributed by atoms with Crippen molar-refractivity contribution in [1.29, 1.82) is 0 Å². The molecule has 0 amide bonds. The molecule has 0 bridgehead atoms. The van der Waals surface area contributed by atoms with Crippen molar-refractivity contribution in [3.05, 3.63) is 35.1 Å². The van der Waals surface area contributed by atoms with Crippen LogP contribution >= 0.6 is 12.4 Å². The van der Waals surface area contributed by atoms with Gasteiger partial charge in [-0.05, 0) is 25.5 Å². The molecule has 0 aromatic heterocycles. The second-order valence-electron chi connectivity index (χ2n) is 3.85. The second-order valence-corrected chi connectivity index (χ2v) is 3.85. The fraction of sp³-hybridized carbons (Fsp3) is 0.417. The maximum absolute atomic E-state index is 13.6. The predicted octanol–water partition coefficient (Wildman–Crippen LogP) is 2.75. The lowest BCUT2D eigenvalue weighted by molar-refractivity contribution is -0.174. The van der Waals surface area contributed by atoms with Gasteiger partial charge in [-0.15, -0.1) is 12.4 Å². The Kier molecular flexibility index (Phi) is 6.32. The first-order valence-electron chi connectivity index (χ1n) is 5.37. The SMILES string of the molecule is CCOC(=O)C(F)(F)[C@@H](N)c1ccc(C)cc1F.Cl. The van der Waals surface area contributed by atoms with Crippen molar-refractivity contribution >= 4 is 18.4 Å². The molecule has 0 saturated heterocycles. The average Bonchev–Trinajstić information content (AvgIpc) is 2.28. The fourth-order valence-corrected chi connectivity index (χ4v) is 1.43. The molecule has 0 aliphatic rings. The summed E-state index contributed by atoms with van der Waals surface area (Å²) in [7, 11) is 0. The van der Waals surface area contributed by atoms with Gasteiger partial charge in [-0.1, -0.05) is 12.1 Å². The summed E-state index contributed by atoms with van der Waals surface area (Å²) in [6.07, 6.45) is 0. The van der Waals surface area contributed by atoms with Crippen molar-refractivity contribution < 1.29 is 22.7 Å². The molecule has 3 nitrogen and oxygen atoms in total. The number of halogens is 4. The van der Waals surface area contributed by atoms with Gasteiger partial charge in [-0.2, -0.15) is 8.78 Å². The van der Waals surface area contributed by atoms with Gasteiger partial charge in [0.15, 0.2) is 0 Å². The minimum absolute atomic E-state index is 0. The number of hydrogen-bond acceptors (Lipinski definition) is 3. The van der Waals surface area contributed by atoms with Crippen LogP contribution in [-0.2, 0) is 9.53 Å². The highest BCUT2D eigenvalue weighted by molar-refractivity contribution is 5.85. The molecule has 7 heteroatoms. The van der Waals surface area contributed by atoms with Gasteiger partial charge < -0.3 is 10.5 Å². The zero-order valence-corrected chi connectivity index (χ0v) is 11.3. The molecule has 0 heterocycles. The number of carbonyl (C=O) groups excluding carboxylic acids is 1. The fourth-order valence-electron chi connectivity index (χ4n) is 1.43. The smallest absolute Gasteiger partial charge is 0.379 e. The molecule has 108 valence electrons. The van der Waals surface area contributed by atoms with E-state index in [9.17, 15) is 18.0 Å². The highest BCUT2D eigenvalue weighted by Crippen LogP contribution is 2.32. The molecule has 1 aromatic rings. The van der Waals surface area contributed by atoms with E-state index in [-0.39, 0.29) is 19.0 Å². The minimum atomic E-state index is -3.97. The number of hydrogen-bond donors (Lipinski definition) is 1. The Labute approximate surface area is 115 Å². The molecule has 19 heavy (non-hydrogen) atoms. The lowest BCUT2D eigenvalue weighted by Crippen LogP contribution is -2.42. The van der Waals surface area contributed by atoms with Crippen molar-refractivity contribution in [2.75, 3.05) is 6.61 Å². The molecule has 1 atom stereocenters. The third-order valence-corrected chi connectivity index (χ3v) is 2.43. The van der Waals surface area contributed by atoms with E-state index in [2.05, 4.69) is 4.74 Å². The summed E-state index contributed by atoms with van der Waals surface area (Å²) < 4.78 is 44.9. The monoisotopic (exact) mass is 297 g/mol. The molecule has 0 spiro atoms. The summed E-state index contributed by atoms with van der Waals surface area (Å²) in [6.45, 7) is 2.81. The first kappa shape index (κ1) is 17.7. The van der Waals surface area contributed by atoms with E-state index in [1.807, 2.05) is 0 Å². The molecule has 1 aromatic carbocycles. The summed E-state index contributed by atoms with van der Waals surface area (Å²) in [5, 5.41) is 0. The standard InChI is InChI=1S/C12H14F3NO2.ClH/c1-3-18-11(17)12(14,15)10(16)8-5-4-7(2)6-9(8)13;/h4-6,10H,3,16H2,1-2H3;1H/t10-;/m0./s1. The maximum Gasteiger partial charge on any atom is 0.379 e. The highest BCUT2D eigenvalue weighted by Gasteiger charge is 2.48. The van der Waals surface area contributed by atoms with Crippen LogP contribution in [0.3, 0.4) is 0 Å². The van der Waals surface area contributed by atoms with Gasteiger partial charge in [0, 0.05) is 5.56 Å². The van der Waals surface area contributed by atoms with Crippen LogP contribution in [0.4, 0.5) is 13.2 Å². The summed E-state index contributed by atoms with van der Waals surface area (Å²) in [5.74, 6) is -6.59. The van der Waals surface area contributed by atoms with Crippen LogP contribution in [0, 0.1) is 12.7 Å². The molecular weight excluding hydrogens is 283 g/mol. The van der Waals surface area contributed by atoms with Gasteiger partial charge in [0.25, 0.3) is 0 Å². The van der Waals surface area contributed by atoms with Crippen molar-refractivity contribution in [3.8, 4) is 0 Å². The molecule has 0 aliphatic carbocycles. The zero-order chi connectivity index (χ0) is 13.9. The number of esters is 1. The Hall–Kier alpha value is -1.27. The number of nitrogens with two attached hydrogens (primary N) is 1. The van der Waals surface area contributed by atoms with Gasteiger partial charge in [-0.3, -0.25) is 0 Å². The summed E-state index contributed by atoms with van der Waals surface area (Å²) in [4.78, 5) is 11.1. The van der Waals surface area contributed by atoms with Crippen molar-refractivity contribution in [2.45, 2.75) is 25.8 Å². The van der Waals surface area contributed by atoms with Crippen LogP contribution in [0.15, 0.2) is 18.2 Å². The largest absolute Gasteiger partial charge is 0.462 e. The van der Waals surface area contributed by atoms with Crippen LogP contribution in [0.25, 0.3) is 0 Å². The third kappa shape index (κ3) is 3.84. The Balaban J connectivity index is 0.00000324. The number of ether oxygens (including phenoxy) is 1. The molecule has 1 rings (SSSR count). The van der Waals surface area contributed by atoms with E-state index < -0.39 is 29.3 Å². The third-order valence-electron chi connectivity index (χ3n) is 2.43. The molecule has 2 N–H and O–H groups in total. The van der Waals surface area contributed by atoms with Crippen LogP contribution in [0.1, 0.15) is 24.1 Å². The van der Waals surface area contributed by atoms with Crippen molar-refractivity contribution in [3.63, 3.8) is 0 Å². The summed E-state index contributed by atoms with van der Waals surface area (Å²) >= 11 is 0. The van der Waals surface area contributed by atoms with Crippen LogP contribution in [-0.4, -0.2) is 18.5 Å². The molecule has 0 aliphatic heterocycles. The van der Waals surface area contributed by atoms with Crippen LogP contribution in [0.5, 0.6) is 0 Å². The first-order chi connectivity index (χ1) is 8.30. The zero-order valence-electron chi connectivity index (χ0n) is 10.5. The highest BCUT2D eigenvalue weighted by atomic mass is 35.5. The van der Waals surface area contributed by atoms with Gasteiger partial charge in [-0.25, -0.2) is 9.18 Å². The normalized spacial score (nSPS) is 12.5. The number of benzene rings is 1. The maximum atomic E-state index is 13.6. The van der Waals surface area contributed by atoms with Gasteiger partial charge in [0.1, 0.15) is 11.9 Å². The van der Waals surface area contributed by atoms with E-state index in [1.165, 1.54) is 13.0 Å². The van der Waals surface area contributed by atoms with Crippen molar-refractivity contribution in [1.82, 2.24) is 0 Å². The number of carbonyl (C=O) groups is 1. The van der Waals surface area contributed by atoms with E-state index >= 15 is 0 Å². The Bertz CT molecular complexity index is 455. The molecule has 0 saturated carbocycles. The van der Waals surface area contributed by atoms with E-state index in [1.54, 1.807) is 6.92 Å². The van der Waals surface area contributed by atoms with Crippen molar-refractivity contribution in [2.24, 2.45) is 5.73 Å². The van der Waals surface area contributed by atoms with Gasteiger partial charge in [0.05, 0.1) is 6.61 Å². The number of rotatable bonds is 4. The lowest BCUT2D eigenvalue weighted by Gasteiger charge is -2.22. The van der Waals surface area contributed by atoms with E-state index in [0.29, 0.717) is 5.56 Å². The molecule has 0 fully saturated rings. The Morgan fingerprint density at radius 3 is 2.53 bits per heavy atom. The predicted molar refractivity (Wildman–Crippen MR) is 66.9 cm³/mol. The summed E-state index contributed by atoms with van der Waals surface area (Å²) in [5.41, 5.74) is 5.42. The Morgan fingerprint density at radius 1 is 1.47 bits per heavy atom. The van der Waals surface area contributed by atoms with Gasteiger partial charge in [0.2, 0.25) is 0 Å². The molecule has 0 radical (unpaired) electrons. The topological polar surface area (TPSA) is 52.3 Å². The second kappa shape index (κ2) is 6.77. The van der Waals surface area contributed by atoms with Crippen LogP contribution < -0.4 is 5.73 Å². The number of alkyl halides is 2. The number of aryl methyl sites for hydroxylation is 1. The summed E-state index contributed by atoms with van der Waals surface area (Å²) in [6, 6.07) is 1.59. The van der Waals surface area contributed by atoms with E-state index in [4.69, 9.17) is 5.73 Å². The van der Waals surface area contributed by atoms with Crippen LogP contribution in [0.2, 0.25) is 0 Å². The molecular formula is C12H15ClF3NO2.